The number of hydrogen-bond acceptors (Lipinski definition) is 4. The molecule has 23 heavy (non-hydrogen) atoms. The van der Waals surface area contributed by atoms with Gasteiger partial charge in [-0.15, -0.1) is 11.3 Å². The highest BCUT2D eigenvalue weighted by atomic mass is 127. The minimum absolute atomic E-state index is 0.0757. The fourth-order valence-corrected chi connectivity index (χ4v) is 3.44. The second kappa shape index (κ2) is 7.41. The van der Waals surface area contributed by atoms with Crippen LogP contribution in [0.15, 0.2) is 35.7 Å². The van der Waals surface area contributed by atoms with Crippen molar-refractivity contribution in [2.45, 2.75) is 0 Å². The molecule has 1 aliphatic heterocycles. The molecule has 1 N–H and O–H groups in total. The standard InChI is InChI=1S/C16H15IN2O3S/c17-11-3-4-13(18-15(20)14-2-1-9-23-14)12(10-11)16(21)19-5-7-22-8-6-19/h1-4,9-10H,5-8H2,(H,18,20). The Balaban J connectivity index is 1.85. The molecule has 0 aliphatic carbocycles. The summed E-state index contributed by atoms with van der Waals surface area (Å²) in [6.45, 7) is 2.24. The van der Waals surface area contributed by atoms with E-state index in [9.17, 15) is 9.59 Å². The van der Waals surface area contributed by atoms with Crippen LogP contribution in [0, 0.1) is 3.57 Å². The van der Waals surface area contributed by atoms with Gasteiger partial charge >= 0.3 is 0 Å². The fraction of sp³-hybridized carbons (Fsp3) is 0.250. The number of nitrogens with one attached hydrogen (secondary N) is 1. The summed E-state index contributed by atoms with van der Waals surface area (Å²) in [4.78, 5) is 27.4. The number of thiophene rings is 1. The molecule has 1 aromatic carbocycles. The number of benzene rings is 1. The first-order valence-electron chi connectivity index (χ1n) is 7.16. The van der Waals surface area contributed by atoms with E-state index in [0.29, 0.717) is 42.4 Å². The Hall–Kier alpha value is -1.45. The maximum absolute atomic E-state index is 12.8. The van der Waals surface area contributed by atoms with Crippen LogP contribution in [0.1, 0.15) is 20.0 Å². The lowest BCUT2D eigenvalue weighted by Gasteiger charge is -2.27. The van der Waals surface area contributed by atoms with E-state index in [2.05, 4.69) is 27.9 Å². The molecule has 0 radical (unpaired) electrons. The predicted molar refractivity (Wildman–Crippen MR) is 98.2 cm³/mol. The number of nitrogens with zero attached hydrogens (tertiary/aromatic N) is 1. The quantitative estimate of drug-likeness (QED) is 0.744. The zero-order chi connectivity index (χ0) is 16.2. The molecule has 2 heterocycles. The summed E-state index contributed by atoms with van der Waals surface area (Å²) >= 11 is 3.53. The van der Waals surface area contributed by atoms with Gasteiger partial charge in [-0.2, -0.15) is 0 Å². The third-order valence-corrected chi connectivity index (χ3v) is 5.04. The van der Waals surface area contributed by atoms with E-state index in [0.717, 1.165) is 3.57 Å². The SMILES string of the molecule is O=C(Nc1ccc(I)cc1C(=O)N1CCOCC1)c1cccs1. The zero-order valence-electron chi connectivity index (χ0n) is 12.3. The van der Waals surface area contributed by atoms with Gasteiger partial charge in [0.1, 0.15) is 0 Å². The van der Waals surface area contributed by atoms with E-state index in [4.69, 9.17) is 4.74 Å². The Kier molecular flexibility index (Phi) is 5.29. The third kappa shape index (κ3) is 3.91. The maximum atomic E-state index is 12.8. The number of carbonyl (C=O) groups is 2. The molecule has 1 saturated heterocycles. The Morgan fingerprint density at radius 2 is 2.00 bits per heavy atom. The lowest BCUT2D eigenvalue weighted by atomic mass is 10.1. The predicted octanol–water partition coefficient (Wildman–Crippen LogP) is 3.08. The van der Waals surface area contributed by atoms with E-state index in [1.165, 1.54) is 11.3 Å². The van der Waals surface area contributed by atoms with Crippen molar-refractivity contribution in [3.63, 3.8) is 0 Å². The van der Waals surface area contributed by atoms with Gasteiger partial charge in [0.05, 0.1) is 29.3 Å². The normalized spacial score (nSPS) is 14.6. The Bertz CT molecular complexity index is 712. The summed E-state index contributed by atoms with van der Waals surface area (Å²) in [6.07, 6.45) is 0. The minimum atomic E-state index is -0.197. The van der Waals surface area contributed by atoms with Crippen LogP contribution >= 0.6 is 33.9 Å². The van der Waals surface area contributed by atoms with Gasteiger partial charge in [-0.3, -0.25) is 9.59 Å². The first-order chi connectivity index (χ1) is 11.1. The molecule has 1 fully saturated rings. The van der Waals surface area contributed by atoms with Gasteiger partial charge in [-0.1, -0.05) is 6.07 Å². The summed E-state index contributed by atoms with van der Waals surface area (Å²) in [5, 5.41) is 4.70. The van der Waals surface area contributed by atoms with Gasteiger partial charge < -0.3 is 15.0 Å². The number of halogens is 1. The van der Waals surface area contributed by atoms with Crippen molar-refractivity contribution >= 4 is 51.4 Å². The number of carbonyl (C=O) groups excluding carboxylic acids is 2. The molecule has 1 aromatic heterocycles. The topological polar surface area (TPSA) is 58.6 Å². The number of amides is 2. The molecule has 0 unspecified atom stereocenters. The number of ether oxygens (including phenoxy) is 1. The van der Waals surface area contributed by atoms with Crippen LogP contribution in [-0.2, 0) is 4.74 Å². The zero-order valence-corrected chi connectivity index (χ0v) is 15.2. The van der Waals surface area contributed by atoms with E-state index in [-0.39, 0.29) is 11.8 Å². The van der Waals surface area contributed by atoms with Crippen LogP contribution in [0.5, 0.6) is 0 Å². The summed E-state index contributed by atoms with van der Waals surface area (Å²) in [7, 11) is 0. The smallest absolute Gasteiger partial charge is 0.265 e. The van der Waals surface area contributed by atoms with Crippen molar-refractivity contribution in [1.29, 1.82) is 0 Å². The molecule has 5 nitrogen and oxygen atoms in total. The molecule has 2 amide bonds. The second-order valence-corrected chi connectivity index (χ2v) is 7.22. The highest BCUT2D eigenvalue weighted by Crippen LogP contribution is 2.22. The van der Waals surface area contributed by atoms with Crippen molar-refractivity contribution in [2.24, 2.45) is 0 Å². The highest BCUT2D eigenvalue weighted by Gasteiger charge is 2.22. The van der Waals surface area contributed by atoms with Crippen molar-refractivity contribution in [3.05, 3.63) is 49.7 Å². The Morgan fingerprint density at radius 3 is 2.70 bits per heavy atom. The monoisotopic (exact) mass is 442 g/mol. The van der Waals surface area contributed by atoms with Gasteiger partial charge in [0.15, 0.2) is 0 Å². The van der Waals surface area contributed by atoms with Crippen LogP contribution in [0.3, 0.4) is 0 Å². The first kappa shape index (κ1) is 16.4. The molecule has 0 spiro atoms. The molecular weight excluding hydrogens is 427 g/mol. The van der Waals surface area contributed by atoms with Crippen molar-refractivity contribution in [1.82, 2.24) is 4.90 Å². The lowest BCUT2D eigenvalue weighted by molar-refractivity contribution is 0.0303. The summed E-state index contributed by atoms with van der Waals surface area (Å²) in [5.41, 5.74) is 1.06. The van der Waals surface area contributed by atoms with Gasteiger partial charge in [0, 0.05) is 16.7 Å². The second-order valence-electron chi connectivity index (χ2n) is 5.03. The largest absolute Gasteiger partial charge is 0.378 e. The molecule has 0 saturated carbocycles. The molecule has 3 rings (SSSR count). The van der Waals surface area contributed by atoms with E-state index in [1.54, 1.807) is 17.0 Å². The van der Waals surface area contributed by atoms with Crippen LogP contribution in [0.25, 0.3) is 0 Å². The molecule has 2 aromatic rings. The van der Waals surface area contributed by atoms with Gasteiger partial charge in [-0.25, -0.2) is 0 Å². The molecule has 0 atom stereocenters. The van der Waals surface area contributed by atoms with Crippen molar-refractivity contribution < 1.29 is 14.3 Å². The highest BCUT2D eigenvalue weighted by molar-refractivity contribution is 14.1. The van der Waals surface area contributed by atoms with E-state index >= 15 is 0 Å². The van der Waals surface area contributed by atoms with Gasteiger partial charge in [0.25, 0.3) is 11.8 Å². The fourth-order valence-electron chi connectivity index (χ4n) is 2.33. The molecule has 0 bridgehead atoms. The van der Waals surface area contributed by atoms with Crippen molar-refractivity contribution in [3.8, 4) is 0 Å². The van der Waals surface area contributed by atoms with Gasteiger partial charge in [0.2, 0.25) is 0 Å². The van der Waals surface area contributed by atoms with Crippen LogP contribution < -0.4 is 5.32 Å². The van der Waals surface area contributed by atoms with E-state index in [1.807, 2.05) is 23.6 Å². The Morgan fingerprint density at radius 1 is 1.22 bits per heavy atom. The molecule has 120 valence electrons. The van der Waals surface area contributed by atoms with Crippen LogP contribution in [0.4, 0.5) is 5.69 Å². The average Bonchev–Trinajstić information content (AvgIpc) is 3.11. The molecular formula is C16H15IN2O3S. The first-order valence-corrected chi connectivity index (χ1v) is 9.12. The summed E-state index contributed by atoms with van der Waals surface area (Å²) in [6, 6.07) is 9.05. The van der Waals surface area contributed by atoms with Gasteiger partial charge in [-0.05, 0) is 52.2 Å². The number of rotatable bonds is 3. The van der Waals surface area contributed by atoms with Crippen molar-refractivity contribution in [2.75, 3.05) is 31.6 Å². The molecule has 7 heteroatoms. The number of hydrogen-bond donors (Lipinski definition) is 1. The summed E-state index contributed by atoms with van der Waals surface area (Å²) < 4.78 is 6.24. The average molecular weight is 442 g/mol. The number of anilines is 1. The van der Waals surface area contributed by atoms with E-state index < -0.39 is 0 Å². The van der Waals surface area contributed by atoms with Crippen LogP contribution in [-0.4, -0.2) is 43.0 Å². The third-order valence-electron chi connectivity index (χ3n) is 3.50. The summed E-state index contributed by atoms with van der Waals surface area (Å²) in [5.74, 6) is -0.273. The van der Waals surface area contributed by atoms with Crippen LogP contribution in [0.2, 0.25) is 0 Å². The maximum Gasteiger partial charge on any atom is 0.265 e. The number of morpholine rings is 1. The lowest BCUT2D eigenvalue weighted by Crippen LogP contribution is -2.41. The Labute approximate surface area is 151 Å². The minimum Gasteiger partial charge on any atom is -0.378 e. The molecule has 1 aliphatic rings.